The molecule has 20 heavy (non-hydrogen) atoms. The Morgan fingerprint density at radius 3 is 2.55 bits per heavy atom. The van der Waals surface area contributed by atoms with E-state index in [1.165, 1.54) is 12.1 Å². The number of halogens is 1. The second kappa shape index (κ2) is 6.56. The normalized spacial score (nSPS) is 10.1. The Kier molecular flexibility index (Phi) is 4.78. The largest absolute Gasteiger partial charge is 0.489 e. The molecular weight excluding hydrogens is 371 g/mol. The highest BCUT2D eigenvalue weighted by Crippen LogP contribution is 2.23. The van der Waals surface area contributed by atoms with Crippen LogP contribution in [0.4, 0.5) is 11.4 Å². The minimum Gasteiger partial charge on any atom is -0.489 e. The molecule has 2 aromatic rings. The van der Waals surface area contributed by atoms with Crippen LogP contribution in [-0.4, -0.2) is 12.0 Å². The average molecular weight is 384 g/mol. The predicted molar refractivity (Wildman–Crippen MR) is 86.1 cm³/mol. The number of nitrogens with one attached hydrogen (secondary N) is 1. The van der Waals surface area contributed by atoms with Crippen molar-refractivity contribution in [2.75, 3.05) is 12.4 Å². The maximum Gasteiger partial charge on any atom is 0.269 e. The number of rotatable bonds is 5. The van der Waals surface area contributed by atoms with E-state index < -0.39 is 4.92 Å². The lowest BCUT2D eigenvalue weighted by Gasteiger charge is -2.10. The van der Waals surface area contributed by atoms with E-state index >= 15 is 0 Å². The van der Waals surface area contributed by atoms with Crippen molar-refractivity contribution in [2.45, 2.75) is 6.61 Å². The number of non-ortho nitro benzene ring substituents is 1. The highest BCUT2D eigenvalue weighted by atomic mass is 127. The van der Waals surface area contributed by atoms with Gasteiger partial charge in [0, 0.05) is 34.0 Å². The SMILES string of the molecule is CNc1ccc([N+](=O)[O-])cc1COc1ccc(I)cc1. The third-order valence-corrected chi connectivity index (χ3v) is 3.50. The number of hydrogen-bond donors (Lipinski definition) is 1. The van der Waals surface area contributed by atoms with Gasteiger partial charge in [-0.2, -0.15) is 0 Å². The van der Waals surface area contributed by atoms with Crippen molar-refractivity contribution in [1.82, 2.24) is 0 Å². The van der Waals surface area contributed by atoms with Crippen LogP contribution in [0.15, 0.2) is 42.5 Å². The third-order valence-electron chi connectivity index (χ3n) is 2.78. The van der Waals surface area contributed by atoms with Gasteiger partial charge in [0.15, 0.2) is 0 Å². The van der Waals surface area contributed by atoms with E-state index in [1.807, 2.05) is 24.3 Å². The average Bonchev–Trinajstić information content (AvgIpc) is 2.46. The van der Waals surface area contributed by atoms with Crippen molar-refractivity contribution in [2.24, 2.45) is 0 Å². The van der Waals surface area contributed by atoms with Gasteiger partial charge in [0.25, 0.3) is 5.69 Å². The molecule has 0 spiro atoms. The molecule has 2 rings (SSSR count). The van der Waals surface area contributed by atoms with Crippen LogP contribution in [0, 0.1) is 13.7 Å². The molecule has 2 aromatic carbocycles. The molecule has 0 amide bonds. The molecule has 104 valence electrons. The number of hydrogen-bond acceptors (Lipinski definition) is 4. The summed E-state index contributed by atoms with van der Waals surface area (Å²) in [5.74, 6) is 0.735. The molecule has 0 aliphatic heterocycles. The molecule has 5 nitrogen and oxygen atoms in total. The first kappa shape index (κ1) is 14.6. The molecule has 0 bridgehead atoms. The van der Waals surface area contributed by atoms with E-state index in [-0.39, 0.29) is 12.3 Å². The minimum atomic E-state index is -0.409. The Balaban J connectivity index is 2.16. The smallest absolute Gasteiger partial charge is 0.269 e. The first-order chi connectivity index (χ1) is 9.60. The quantitative estimate of drug-likeness (QED) is 0.484. The van der Waals surface area contributed by atoms with Crippen molar-refractivity contribution in [1.29, 1.82) is 0 Å². The van der Waals surface area contributed by atoms with E-state index in [9.17, 15) is 10.1 Å². The molecule has 0 heterocycles. The summed E-state index contributed by atoms with van der Waals surface area (Å²) >= 11 is 2.22. The number of anilines is 1. The number of benzene rings is 2. The summed E-state index contributed by atoms with van der Waals surface area (Å²) in [6.07, 6.45) is 0. The molecule has 0 fully saturated rings. The first-order valence-corrected chi connectivity index (χ1v) is 7.01. The van der Waals surface area contributed by atoms with Crippen LogP contribution in [0.3, 0.4) is 0 Å². The van der Waals surface area contributed by atoms with Crippen LogP contribution in [0.5, 0.6) is 5.75 Å². The molecule has 0 saturated heterocycles. The summed E-state index contributed by atoms with van der Waals surface area (Å²) in [6.45, 7) is 0.276. The topological polar surface area (TPSA) is 64.4 Å². The van der Waals surface area contributed by atoms with E-state index in [4.69, 9.17) is 4.74 Å². The Morgan fingerprint density at radius 2 is 1.95 bits per heavy atom. The molecule has 6 heteroatoms. The summed E-state index contributed by atoms with van der Waals surface area (Å²) in [4.78, 5) is 10.4. The lowest BCUT2D eigenvalue weighted by Crippen LogP contribution is -2.02. The molecule has 0 aromatic heterocycles. The van der Waals surface area contributed by atoms with Crippen LogP contribution >= 0.6 is 22.6 Å². The molecule has 0 aliphatic rings. The van der Waals surface area contributed by atoms with Crippen molar-refractivity contribution in [3.63, 3.8) is 0 Å². The minimum absolute atomic E-state index is 0.0604. The summed E-state index contributed by atoms with van der Waals surface area (Å²) in [7, 11) is 1.77. The predicted octanol–water partition coefficient (Wildman–Crippen LogP) is 3.82. The lowest BCUT2D eigenvalue weighted by molar-refractivity contribution is -0.384. The van der Waals surface area contributed by atoms with Crippen LogP contribution in [-0.2, 0) is 6.61 Å². The molecule has 0 saturated carbocycles. The molecule has 0 aliphatic carbocycles. The summed E-state index contributed by atoms with van der Waals surface area (Å²) in [5.41, 5.74) is 1.63. The van der Waals surface area contributed by atoms with Crippen LogP contribution < -0.4 is 10.1 Å². The van der Waals surface area contributed by atoms with Gasteiger partial charge in [-0.25, -0.2) is 0 Å². The molecule has 1 N–H and O–H groups in total. The maximum absolute atomic E-state index is 10.8. The summed E-state index contributed by atoms with van der Waals surface area (Å²) in [6, 6.07) is 12.3. The van der Waals surface area contributed by atoms with Gasteiger partial charge in [0.2, 0.25) is 0 Å². The van der Waals surface area contributed by atoms with Gasteiger partial charge >= 0.3 is 0 Å². The van der Waals surface area contributed by atoms with Gasteiger partial charge in [0.1, 0.15) is 12.4 Å². The molecular formula is C14H13IN2O3. The highest BCUT2D eigenvalue weighted by Gasteiger charge is 2.10. The highest BCUT2D eigenvalue weighted by molar-refractivity contribution is 14.1. The second-order valence-corrected chi connectivity index (χ2v) is 5.34. The van der Waals surface area contributed by atoms with Gasteiger partial charge in [-0.3, -0.25) is 10.1 Å². The Morgan fingerprint density at radius 1 is 1.25 bits per heavy atom. The Labute approximate surface area is 130 Å². The fourth-order valence-corrected chi connectivity index (χ4v) is 2.11. The monoisotopic (exact) mass is 384 g/mol. The van der Waals surface area contributed by atoms with Crippen molar-refractivity contribution < 1.29 is 9.66 Å². The lowest BCUT2D eigenvalue weighted by atomic mass is 10.1. The number of nitro benzene ring substituents is 1. The summed E-state index contributed by atoms with van der Waals surface area (Å²) < 4.78 is 6.78. The molecule has 0 unspecified atom stereocenters. The van der Waals surface area contributed by atoms with Gasteiger partial charge in [-0.15, -0.1) is 0 Å². The van der Waals surface area contributed by atoms with Crippen LogP contribution in [0.1, 0.15) is 5.56 Å². The van der Waals surface area contributed by atoms with Gasteiger partial charge in [-0.05, 0) is 52.9 Å². The Bertz CT molecular complexity index is 614. The third kappa shape index (κ3) is 3.60. The van der Waals surface area contributed by atoms with Crippen molar-refractivity contribution >= 4 is 34.0 Å². The summed E-state index contributed by atoms with van der Waals surface area (Å²) in [5, 5.41) is 13.8. The van der Waals surface area contributed by atoms with E-state index in [0.29, 0.717) is 0 Å². The molecule has 0 atom stereocenters. The van der Waals surface area contributed by atoms with Gasteiger partial charge in [-0.1, -0.05) is 0 Å². The zero-order valence-electron chi connectivity index (χ0n) is 10.8. The van der Waals surface area contributed by atoms with E-state index in [0.717, 1.165) is 20.6 Å². The second-order valence-electron chi connectivity index (χ2n) is 4.09. The number of nitrogens with zero attached hydrogens (tertiary/aromatic N) is 1. The number of nitro groups is 1. The van der Waals surface area contributed by atoms with E-state index in [1.54, 1.807) is 13.1 Å². The first-order valence-electron chi connectivity index (χ1n) is 5.93. The zero-order chi connectivity index (χ0) is 14.5. The standard InChI is InChI=1S/C14H13IN2O3/c1-16-14-7-4-12(17(18)19)8-10(14)9-20-13-5-2-11(15)3-6-13/h2-8,16H,9H2,1H3. The van der Waals surface area contributed by atoms with E-state index in [2.05, 4.69) is 27.9 Å². The fourth-order valence-electron chi connectivity index (χ4n) is 1.75. The van der Waals surface area contributed by atoms with Crippen molar-refractivity contribution in [3.05, 3.63) is 61.7 Å². The maximum atomic E-state index is 10.8. The van der Waals surface area contributed by atoms with Gasteiger partial charge < -0.3 is 10.1 Å². The Hall–Kier alpha value is -1.83. The number of ether oxygens (including phenoxy) is 1. The van der Waals surface area contributed by atoms with Gasteiger partial charge in [0.05, 0.1) is 4.92 Å². The van der Waals surface area contributed by atoms with Crippen molar-refractivity contribution in [3.8, 4) is 5.75 Å². The van der Waals surface area contributed by atoms with Crippen LogP contribution in [0.2, 0.25) is 0 Å². The molecule has 0 radical (unpaired) electrons. The van der Waals surface area contributed by atoms with Crippen LogP contribution in [0.25, 0.3) is 0 Å². The fraction of sp³-hybridized carbons (Fsp3) is 0.143. The zero-order valence-corrected chi connectivity index (χ0v) is 13.0.